The molecule has 0 aromatic carbocycles. The number of carbonyl (C=O) groups is 3. The second kappa shape index (κ2) is 10.4. The van der Waals surface area contributed by atoms with Crippen LogP contribution in [0.2, 0.25) is 0 Å². The van der Waals surface area contributed by atoms with Crippen molar-refractivity contribution in [3.05, 3.63) is 12.2 Å². The molecule has 2 heterocycles. The summed E-state index contributed by atoms with van der Waals surface area (Å²) in [6.07, 6.45) is -6.45. The lowest BCUT2D eigenvalue weighted by molar-refractivity contribution is -0.301. The fraction of sp³-hybridized carbons (Fsp3) is 0.783. The molecule has 0 aromatic heterocycles. The molecule has 0 bridgehead atoms. The highest BCUT2D eigenvalue weighted by atomic mass is 16.7. The molecule has 3 fully saturated rings. The van der Waals surface area contributed by atoms with E-state index < -0.39 is 72.1 Å². The van der Waals surface area contributed by atoms with Crippen molar-refractivity contribution in [3.63, 3.8) is 0 Å². The molecule has 192 valence electrons. The predicted molar refractivity (Wildman–Crippen MR) is 114 cm³/mol. The Morgan fingerprint density at radius 3 is 2.56 bits per heavy atom. The Labute approximate surface area is 197 Å². The first-order valence-electron chi connectivity index (χ1n) is 11.5. The lowest BCUT2D eigenvalue weighted by Gasteiger charge is -2.40. The van der Waals surface area contributed by atoms with Gasteiger partial charge in [0.2, 0.25) is 0 Å². The fourth-order valence-corrected chi connectivity index (χ4v) is 5.07. The summed E-state index contributed by atoms with van der Waals surface area (Å²) >= 11 is 0. The first kappa shape index (κ1) is 26.7. The van der Waals surface area contributed by atoms with Gasteiger partial charge in [-0.2, -0.15) is 0 Å². The maximum atomic E-state index is 13.2. The van der Waals surface area contributed by atoms with Gasteiger partial charge in [-0.15, -0.1) is 0 Å². The Hall–Kier alpha value is -1.89. The molecule has 0 radical (unpaired) electrons. The van der Waals surface area contributed by atoms with Crippen LogP contribution in [0.3, 0.4) is 0 Å². The topological polar surface area (TPSA) is 169 Å². The van der Waals surface area contributed by atoms with Gasteiger partial charge in [0, 0.05) is 37.4 Å². The number of ether oxygens (including phenoxy) is 4. The van der Waals surface area contributed by atoms with Crippen molar-refractivity contribution in [2.45, 2.75) is 82.4 Å². The lowest BCUT2D eigenvalue weighted by atomic mass is 9.76. The molecule has 3 aliphatic rings. The Kier molecular flexibility index (Phi) is 8.16. The third-order valence-electron chi connectivity index (χ3n) is 6.94. The second-order valence-corrected chi connectivity index (χ2v) is 9.67. The zero-order chi connectivity index (χ0) is 25.4. The highest BCUT2D eigenvalue weighted by Gasteiger charge is 2.60. The molecule has 0 aromatic rings. The summed E-state index contributed by atoms with van der Waals surface area (Å²) in [5, 5.41) is 41.0. The van der Waals surface area contributed by atoms with E-state index in [-0.39, 0.29) is 31.0 Å². The van der Waals surface area contributed by atoms with E-state index in [1.165, 1.54) is 6.92 Å². The minimum absolute atomic E-state index is 0.0733. The molecule has 10 atom stereocenters. The van der Waals surface area contributed by atoms with E-state index in [1.807, 2.05) is 0 Å². The molecular weight excluding hydrogens is 452 g/mol. The number of hydrogen-bond donors (Lipinski definition) is 4. The molecule has 11 heteroatoms. The molecule has 0 spiro atoms. The van der Waals surface area contributed by atoms with E-state index in [0.29, 0.717) is 12.8 Å². The fourth-order valence-electron chi connectivity index (χ4n) is 5.07. The third-order valence-corrected chi connectivity index (χ3v) is 6.94. The van der Waals surface area contributed by atoms with Gasteiger partial charge >= 0.3 is 11.9 Å². The van der Waals surface area contributed by atoms with E-state index in [0.717, 1.165) is 0 Å². The first-order valence-corrected chi connectivity index (χ1v) is 11.5. The highest BCUT2D eigenvalue weighted by molar-refractivity contribution is 5.94. The van der Waals surface area contributed by atoms with Gasteiger partial charge in [0.05, 0.1) is 11.5 Å². The maximum absolute atomic E-state index is 13.2. The summed E-state index contributed by atoms with van der Waals surface area (Å²) in [6, 6.07) is 0. The average Bonchev–Trinajstić information content (AvgIpc) is 3.17. The molecule has 10 unspecified atom stereocenters. The minimum atomic E-state index is -1.55. The first-order chi connectivity index (χ1) is 15.8. The van der Waals surface area contributed by atoms with Crippen LogP contribution >= 0.6 is 0 Å². The van der Waals surface area contributed by atoms with Crippen molar-refractivity contribution in [1.29, 1.82) is 0 Å². The number of carbonyl (C=O) groups excluding carboxylic acids is 3. The molecule has 2 aliphatic heterocycles. The Balaban J connectivity index is 1.51. The largest absolute Gasteiger partial charge is 0.463 e. The summed E-state index contributed by atoms with van der Waals surface area (Å²) in [7, 11) is 0. The number of aliphatic hydroxyl groups is 4. The molecular formula is C23H34O11. The van der Waals surface area contributed by atoms with Gasteiger partial charge < -0.3 is 39.4 Å². The molecule has 34 heavy (non-hydrogen) atoms. The molecule has 11 nitrogen and oxygen atoms in total. The molecule has 2 saturated heterocycles. The number of ketones is 1. The maximum Gasteiger partial charge on any atom is 0.334 e. The monoisotopic (exact) mass is 486 g/mol. The van der Waals surface area contributed by atoms with Gasteiger partial charge in [-0.25, -0.2) is 4.79 Å². The summed E-state index contributed by atoms with van der Waals surface area (Å²) in [5.74, 6) is -3.10. The van der Waals surface area contributed by atoms with Crippen molar-refractivity contribution < 1.29 is 53.8 Å². The number of Topliss-reactive ketones (excluding diaryl/α,β-unsaturated/α-hetero) is 1. The predicted octanol–water partition coefficient (Wildman–Crippen LogP) is -0.772. The molecule has 1 saturated carbocycles. The summed E-state index contributed by atoms with van der Waals surface area (Å²) < 4.78 is 21.0. The van der Waals surface area contributed by atoms with Crippen molar-refractivity contribution in [2.75, 3.05) is 13.2 Å². The van der Waals surface area contributed by atoms with Crippen LogP contribution in [-0.4, -0.2) is 93.8 Å². The third kappa shape index (κ3) is 5.34. The van der Waals surface area contributed by atoms with E-state index in [9.17, 15) is 34.8 Å². The van der Waals surface area contributed by atoms with E-state index in [2.05, 4.69) is 6.58 Å². The van der Waals surface area contributed by atoms with Crippen molar-refractivity contribution in [2.24, 2.45) is 17.8 Å². The van der Waals surface area contributed by atoms with Crippen LogP contribution in [0, 0.1) is 17.8 Å². The van der Waals surface area contributed by atoms with Gasteiger partial charge in [-0.1, -0.05) is 13.5 Å². The molecule has 4 N–H and O–H groups in total. The number of hydrogen-bond acceptors (Lipinski definition) is 11. The summed E-state index contributed by atoms with van der Waals surface area (Å²) in [5.41, 5.74) is -1.10. The average molecular weight is 487 g/mol. The number of aliphatic hydroxyl groups excluding tert-OH is 3. The second-order valence-electron chi connectivity index (χ2n) is 9.67. The molecule has 1 aliphatic carbocycles. The SMILES string of the molecule is C=C1C(=O)OC2CC(C)(O)C(C(=O)C(C)CCCOC3OC(COC(C)=O)C(O)C(O)C3O)C12. The van der Waals surface area contributed by atoms with E-state index >= 15 is 0 Å². The van der Waals surface area contributed by atoms with Crippen LogP contribution in [0.15, 0.2) is 12.2 Å². The van der Waals surface area contributed by atoms with Gasteiger partial charge in [0.1, 0.15) is 42.9 Å². The zero-order valence-electron chi connectivity index (χ0n) is 19.6. The van der Waals surface area contributed by atoms with Gasteiger partial charge in [-0.05, 0) is 19.8 Å². The van der Waals surface area contributed by atoms with E-state index in [1.54, 1.807) is 13.8 Å². The van der Waals surface area contributed by atoms with Crippen molar-refractivity contribution >= 4 is 17.7 Å². The number of rotatable bonds is 9. The van der Waals surface area contributed by atoms with Crippen LogP contribution in [0.25, 0.3) is 0 Å². The molecule has 3 rings (SSSR count). The zero-order valence-corrected chi connectivity index (χ0v) is 19.6. The van der Waals surface area contributed by atoms with Crippen molar-refractivity contribution in [1.82, 2.24) is 0 Å². The van der Waals surface area contributed by atoms with Gasteiger partial charge in [-0.3, -0.25) is 9.59 Å². The van der Waals surface area contributed by atoms with Crippen LogP contribution < -0.4 is 0 Å². The number of fused-ring (bicyclic) bond motifs is 1. The van der Waals surface area contributed by atoms with Crippen molar-refractivity contribution in [3.8, 4) is 0 Å². The van der Waals surface area contributed by atoms with Crippen LogP contribution in [-0.2, 0) is 33.3 Å². The molecule has 0 amide bonds. The quantitative estimate of drug-likeness (QED) is 0.183. The Morgan fingerprint density at radius 1 is 1.24 bits per heavy atom. The van der Waals surface area contributed by atoms with Crippen LogP contribution in [0.4, 0.5) is 0 Å². The number of esters is 2. The van der Waals surface area contributed by atoms with Crippen LogP contribution in [0.1, 0.15) is 40.0 Å². The normalized spacial score (nSPS) is 40.6. The van der Waals surface area contributed by atoms with Gasteiger partial charge in [0.15, 0.2) is 6.29 Å². The Morgan fingerprint density at radius 2 is 1.91 bits per heavy atom. The van der Waals surface area contributed by atoms with E-state index in [4.69, 9.17) is 18.9 Å². The Bertz CT molecular complexity index is 809. The smallest absolute Gasteiger partial charge is 0.334 e. The van der Waals surface area contributed by atoms with Gasteiger partial charge in [0.25, 0.3) is 0 Å². The standard InChI is InChI=1S/C23H34O11/c1-10(17(25)16-15-11(2)21(29)33-13(15)8-23(16,4)30)6-5-7-31-22-20(28)19(27)18(26)14(34-22)9-32-12(3)24/h10,13-16,18-20,22,26-28,30H,2,5-9H2,1,3-4H3. The lowest BCUT2D eigenvalue weighted by Crippen LogP contribution is -2.59. The highest BCUT2D eigenvalue weighted by Crippen LogP contribution is 2.50. The minimum Gasteiger partial charge on any atom is -0.463 e. The summed E-state index contributed by atoms with van der Waals surface area (Å²) in [6.45, 7) is 8.00. The summed E-state index contributed by atoms with van der Waals surface area (Å²) in [4.78, 5) is 36.0. The van der Waals surface area contributed by atoms with Crippen LogP contribution in [0.5, 0.6) is 0 Å².